The summed E-state index contributed by atoms with van der Waals surface area (Å²) in [6.07, 6.45) is 6.05. The first-order valence-electron chi connectivity index (χ1n) is 10.5. The zero-order valence-electron chi connectivity index (χ0n) is 18.7. The van der Waals surface area contributed by atoms with E-state index >= 15 is 0 Å². The first-order chi connectivity index (χ1) is 14.1. The van der Waals surface area contributed by atoms with Crippen molar-refractivity contribution in [3.05, 3.63) is 102 Å². The van der Waals surface area contributed by atoms with E-state index in [1.807, 2.05) is 56.3 Å². The van der Waals surface area contributed by atoms with Crippen LogP contribution in [0.4, 0.5) is 0 Å². The van der Waals surface area contributed by atoms with Gasteiger partial charge in [0.15, 0.2) is 5.78 Å². The highest BCUT2D eigenvalue weighted by molar-refractivity contribution is 6.11. The third-order valence-corrected chi connectivity index (χ3v) is 5.71. The van der Waals surface area contributed by atoms with E-state index in [-0.39, 0.29) is 17.1 Å². The molecule has 1 unspecified atom stereocenters. The fraction of sp³-hybridized carbons (Fsp3) is 0.321. The number of benzene rings is 2. The minimum Gasteiger partial charge on any atom is -0.489 e. The molecule has 2 aromatic carbocycles. The maximum Gasteiger partial charge on any atom is 0.185 e. The van der Waals surface area contributed by atoms with E-state index < -0.39 is 5.41 Å². The molecule has 0 bridgehead atoms. The van der Waals surface area contributed by atoms with Crippen LogP contribution in [0.5, 0.6) is 5.75 Å². The van der Waals surface area contributed by atoms with Crippen LogP contribution in [-0.4, -0.2) is 5.78 Å². The minimum absolute atomic E-state index is 0.0295. The Morgan fingerprint density at radius 2 is 1.50 bits per heavy atom. The van der Waals surface area contributed by atoms with Crippen LogP contribution >= 0.6 is 0 Å². The Morgan fingerprint density at radius 3 is 2.13 bits per heavy atom. The molecule has 0 aliphatic heterocycles. The van der Waals surface area contributed by atoms with Gasteiger partial charge in [0.05, 0.1) is 0 Å². The van der Waals surface area contributed by atoms with Gasteiger partial charge in [-0.05, 0) is 17.0 Å². The van der Waals surface area contributed by atoms with Crippen LogP contribution in [0, 0.1) is 10.8 Å². The quantitative estimate of drug-likeness (QED) is 0.486. The topological polar surface area (TPSA) is 26.3 Å². The number of ether oxygens (including phenoxy) is 1. The molecule has 0 radical (unpaired) electrons. The van der Waals surface area contributed by atoms with Gasteiger partial charge in [-0.2, -0.15) is 0 Å². The Labute approximate surface area is 181 Å². The second kappa shape index (κ2) is 8.47. The van der Waals surface area contributed by atoms with E-state index in [1.165, 1.54) is 0 Å². The van der Waals surface area contributed by atoms with Crippen LogP contribution in [0.25, 0.3) is 0 Å². The van der Waals surface area contributed by atoms with Gasteiger partial charge >= 0.3 is 0 Å². The number of carbonyl (C=O) groups excluding carboxylic acids is 1. The third kappa shape index (κ3) is 4.64. The molecule has 0 amide bonds. The lowest BCUT2D eigenvalue weighted by Gasteiger charge is -2.34. The minimum atomic E-state index is -0.403. The number of hydrogen-bond acceptors (Lipinski definition) is 2. The number of hydrogen-bond donors (Lipinski definition) is 0. The molecule has 0 fully saturated rings. The molecule has 0 N–H and O–H groups in total. The second-order valence-electron chi connectivity index (χ2n) is 9.50. The number of para-hydroxylation sites is 1. The van der Waals surface area contributed by atoms with Crippen molar-refractivity contribution in [2.75, 3.05) is 0 Å². The van der Waals surface area contributed by atoms with E-state index in [0.717, 1.165) is 28.0 Å². The predicted octanol–water partition coefficient (Wildman–Crippen LogP) is 7.04. The molecule has 30 heavy (non-hydrogen) atoms. The molecule has 2 heteroatoms. The van der Waals surface area contributed by atoms with Crippen LogP contribution in [0.3, 0.4) is 0 Å². The SMILES string of the molecule is C=CC(C)(C)C1=CC(c2ccccc2OCc2ccccc2)C=C(C(C)(C)C)C1=O. The first kappa shape index (κ1) is 21.8. The molecule has 0 spiro atoms. The summed E-state index contributed by atoms with van der Waals surface area (Å²) in [6.45, 7) is 14.8. The highest BCUT2D eigenvalue weighted by Crippen LogP contribution is 2.43. The summed E-state index contributed by atoms with van der Waals surface area (Å²) in [5.41, 5.74) is 3.19. The van der Waals surface area contributed by atoms with E-state index in [1.54, 1.807) is 0 Å². The van der Waals surface area contributed by atoms with E-state index in [0.29, 0.717) is 6.61 Å². The largest absolute Gasteiger partial charge is 0.489 e. The maximum atomic E-state index is 13.3. The van der Waals surface area contributed by atoms with Gasteiger partial charge in [-0.1, -0.05) is 101 Å². The van der Waals surface area contributed by atoms with E-state index in [9.17, 15) is 4.79 Å². The normalized spacial score (nSPS) is 17.2. The molecule has 1 atom stereocenters. The molecule has 1 aliphatic rings. The number of allylic oxidation sites excluding steroid dienone is 5. The van der Waals surface area contributed by atoms with Crippen LogP contribution < -0.4 is 4.74 Å². The summed E-state index contributed by atoms with van der Waals surface area (Å²) in [5.74, 6) is 0.932. The summed E-state index contributed by atoms with van der Waals surface area (Å²) in [7, 11) is 0. The van der Waals surface area contributed by atoms with Gasteiger partial charge in [0.2, 0.25) is 0 Å². The number of ketones is 1. The second-order valence-corrected chi connectivity index (χ2v) is 9.50. The lowest BCUT2D eigenvalue weighted by atomic mass is 9.69. The highest BCUT2D eigenvalue weighted by Gasteiger charge is 2.36. The van der Waals surface area contributed by atoms with Crippen molar-refractivity contribution in [1.29, 1.82) is 0 Å². The molecule has 0 heterocycles. The van der Waals surface area contributed by atoms with Crippen LogP contribution in [0.1, 0.15) is 51.7 Å². The Hall–Kier alpha value is -2.87. The van der Waals surface area contributed by atoms with E-state index in [2.05, 4.69) is 57.7 Å². The van der Waals surface area contributed by atoms with E-state index in [4.69, 9.17) is 4.74 Å². The van der Waals surface area contributed by atoms with Crippen LogP contribution in [-0.2, 0) is 11.4 Å². The first-order valence-corrected chi connectivity index (χ1v) is 10.5. The third-order valence-electron chi connectivity index (χ3n) is 5.71. The van der Waals surface area contributed by atoms with Gasteiger partial charge in [0.1, 0.15) is 12.4 Å². The van der Waals surface area contributed by atoms with Crippen molar-refractivity contribution in [1.82, 2.24) is 0 Å². The molecule has 0 saturated carbocycles. The summed E-state index contributed by atoms with van der Waals surface area (Å²) >= 11 is 0. The van der Waals surface area contributed by atoms with Crippen molar-refractivity contribution >= 4 is 5.78 Å². The Kier molecular flexibility index (Phi) is 6.17. The molecular weight excluding hydrogens is 368 g/mol. The van der Waals surface area contributed by atoms with Gasteiger partial charge in [-0.15, -0.1) is 6.58 Å². The Morgan fingerprint density at radius 1 is 0.900 bits per heavy atom. The zero-order chi connectivity index (χ0) is 21.9. The molecule has 0 aromatic heterocycles. The van der Waals surface area contributed by atoms with Crippen molar-refractivity contribution in [3.63, 3.8) is 0 Å². The molecule has 1 aliphatic carbocycles. The fourth-order valence-corrected chi connectivity index (χ4v) is 3.71. The molecule has 0 saturated heterocycles. The van der Waals surface area contributed by atoms with Crippen LogP contribution in [0.15, 0.2) is 90.6 Å². The molecule has 2 aromatic rings. The van der Waals surface area contributed by atoms with Gasteiger partial charge in [0, 0.05) is 28.0 Å². The monoisotopic (exact) mass is 400 g/mol. The number of rotatable bonds is 6. The molecular formula is C28H32O2. The van der Waals surface area contributed by atoms with Crippen molar-refractivity contribution < 1.29 is 9.53 Å². The maximum absolute atomic E-state index is 13.3. The van der Waals surface area contributed by atoms with Gasteiger partial charge in [-0.3, -0.25) is 4.79 Å². The molecule has 2 nitrogen and oxygen atoms in total. The van der Waals surface area contributed by atoms with Crippen molar-refractivity contribution in [2.45, 2.75) is 47.1 Å². The van der Waals surface area contributed by atoms with Crippen molar-refractivity contribution in [2.24, 2.45) is 10.8 Å². The summed E-state index contributed by atoms with van der Waals surface area (Å²) in [5, 5.41) is 0. The van der Waals surface area contributed by atoms with Crippen LogP contribution in [0.2, 0.25) is 0 Å². The van der Waals surface area contributed by atoms with Gasteiger partial charge < -0.3 is 4.74 Å². The average molecular weight is 401 g/mol. The van der Waals surface area contributed by atoms with Crippen molar-refractivity contribution in [3.8, 4) is 5.75 Å². The molecule has 156 valence electrons. The standard InChI is InChI=1S/C28H32O2/c1-7-28(5,6)24-18-21(17-23(26(24)29)27(2,3)4)22-15-11-12-16-25(22)30-19-20-13-9-8-10-14-20/h7-18,21H,1,19H2,2-6H3. The van der Waals surface area contributed by atoms with Gasteiger partial charge in [0.25, 0.3) is 0 Å². The lowest BCUT2D eigenvalue weighted by Crippen LogP contribution is -2.29. The number of Topliss-reactive ketones (excluding diaryl/α,β-unsaturated/α-hetero) is 1. The summed E-state index contributed by atoms with van der Waals surface area (Å²) in [4.78, 5) is 13.3. The molecule has 3 rings (SSSR count). The highest BCUT2D eigenvalue weighted by atomic mass is 16.5. The van der Waals surface area contributed by atoms with Gasteiger partial charge in [-0.25, -0.2) is 0 Å². The Balaban J connectivity index is 2.03. The average Bonchev–Trinajstić information content (AvgIpc) is 2.72. The predicted molar refractivity (Wildman–Crippen MR) is 125 cm³/mol. The lowest BCUT2D eigenvalue weighted by molar-refractivity contribution is -0.114. The fourth-order valence-electron chi connectivity index (χ4n) is 3.71. The number of carbonyl (C=O) groups is 1. The zero-order valence-corrected chi connectivity index (χ0v) is 18.7. The summed E-state index contributed by atoms with van der Waals surface area (Å²) in [6, 6.07) is 18.3. The summed E-state index contributed by atoms with van der Waals surface area (Å²) < 4.78 is 6.21. The smallest absolute Gasteiger partial charge is 0.185 e. The Bertz CT molecular complexity index is 985.